The molecule has 6 heteroatoms. The fourth-order valence-electron chi connectivity index (χ4n) is 1.83. The summed E-state index contributed by atoms with van der Waals surface area (Å²) in [5.74, 6) is -0.720. The third-order valence-electron chi connectivity index (χ3n) is 2.85. The summed E-state index contributed by atoms with van der Waals surface area (Å²) in [6.07, 6.45) is 1.34. The van der Waals surface area contributed by atoms with Gasteiger partial charge in [-0.05, 0) is 24.3 Å². The summed E-state index contributed by atoms with van der Waals surface area (Å²) in [7, 11) is 0. The number of nitrogens with zero attached hydrogens (tertiary/aromatic N) is 1. The Hall–Kier alpha value is -2.89. The van der Waals surface area contributed by atoms with Crippen molar-refractivity contribution in [3.63, 3.8) is 0 Å². The number of hydrogen-bond donors (Lipinski definition) is 1. The van der Waals surface area contributed by atoms with Crippen molar-refractivity contribution in [2.45, 2.75) is 6.61 Å². The number of H-pyrrole nitrogens is 1. The van der Waals surface area contributed by atoms with E-state index in [9.17, 15) is 8.78 Å². The quantitative estimate of drug-likeness (QED) is 0.773. The second-order valence-electron chi connectivity index (χ2n) is 4.45. The molecule has 0 spiro atoms. The molecule has 112 valence electrons. The predicted octanol–water partition coefficient (Wildman–Crippen LogP) is 4.06. The lowest BCUT2D eigenvalue weighted by Crippen LogP contribution is -1.97. The maximum Gasteiger partial charge on any atom is 0.217 e. The number of nitrogens with one attached hydrogen (secondary N) is 1. The number of rotatable bonds is 5. The van der Waals surface area contributed by atoms with Crippen molar-refractivity contribution >= 4 is 0 Å². The molecule has 0 amide bonds. The standard InChI is InChI=1S/C16H12F2N2O2/c17-12-7-4-8-13(18)16(12)22-15-9-19-14(20-15)10-21-11-5-2-1-3-6-11/h1-9H,10H2,(H,19,20). The Morgan fingerprint density at radius 3 is 2.41 bits per heavy atom. The van der Waals surface area contributed by atoms with Crippen LogP contribution in [-0.4, -0.2) is 9.97 Å². The van der Waals surface area contributed by atoms with E-state index in [-0.39, 0.29) is 12.5 Å². The van der Waals surface area contributed by atoms with E-state index in [0.717, 1.165) is 12.1 Å². The summed E-state index contributed by atoms with van der Waals surface area (Å²) >= 11 is 0. The molecule has 3 aromatic rings. The fourth-order valence-corrected chi connectivity index (χ4v) is 1.83. The highest BCUT2D eigenvalue weighted by molar-refractivity contribution is 5.29. The molecule has 0 unspecified atom stereocenters. The van der Waals surface area contributed by atoms with Crippen LogP contribution in [0.3, 0.4) is 0 Å². The van der Waals surface area contributed by atoms with Crippen LogP contribution in [0, 0.1) is 11.6 Å². The third-order valence-corrected chi connectivity index (χ3v) is 2.85. The lowest BCUT2D eigenvalue weighted by atomic mass is 10.3. The van der Waals surface area contributed by atoms with Gasteiger partial charge in [-0.15, -0.1) is 0 Å². The summed E-state index contributed by atoms with van der Waals surface area (Å²) < 4.78 is 37.6. The summed E-state index contributed by atoms with van der Waals surface area (Å²) in [5.41, 5.74) is 0. The monoisotopic (exact) mass is 302 g/mol. The molecule has 0 fully saturated rings. The van der Waals surface area contributed by atoms with Crippen molar-refractivity contribution in [2.24, 2.45) is 0 Å². The first-order chi connectivity index (χ1) is 10.7. The SMILES string of the molecule is Fc1cccc(F)c1Oc1cnc(COc2ccccc2)[nH]1. The van der Waals surface area contributed by atoms with Crippen LogP contribution >= 0.6 is 0 Å². The van der Waals surface area contributed by atoms with E-state index >= 15 is 0 Å². The van der Waals surface area contributed by atoms with Crippen LogP contribution in [0.25, 0.3) is 0 Å². The number of hydrogen-bond acceptors (Lipinski definition) is 3. The molecule has 0 saturated carbocycles. The van der Waals surface area contributed by atoms with Crippen LogP contribution in [0.1, 0.15) is 5.82 Å². The zero-order chi connectivity index (χ0) is 15.4. The molecule has 0 saturated heterocycles. The minimum Gasteiger partial charge on any atom is -0.486 e. The zero-order valence-electron chi connectivity index (χ0n) is 11.4. The van der Waals surface area contributed by atoms with Gasteiger partial charge in [0, 0.05) is 0 Å². The number of ether oxygens (including phenoxy) is 2. The number of aromatic amines is 1. The van der Waals surface area contributed by atoms with Gasteiger partial charge in [0.1, 0.15) is 18.2 Å². The Morgan fingerprint density at radius 2 is 1.68 bits per heavy atom. The normalized spacial score (nSPS) is 10.5. The lowest BCUT2D eigenvalue weighted by molar-refractivity contribution is 0.296. The van der Waals surface area contributed by atoms with Gasteiger partial charge in [0.2, 0.25) is 11.6 Å². The summed E-state index contributed by atoms with van der Waals surface area (Å²) in [5, 5.41) is 0. The molecule has 1 heterocycles. The van der Waals surface area contributed by atoms with Crippen LogP contribution in [0.4, 0.5) is 8.78 Å². The Balaban J connectivity index is 1.66. The number of para-hydroxylation sites is 2. The van der Waals surface area contributed by atoms with E-state index in [1.807, 2.05) is 30.3 Å². The van der Waals surface area contributed by atoms with Gasteiger partial charge in [0.15, 0.2) is 11.6 Å². The second kappa shape index (κ2) is 6.26. The number of halogens is 2. The molecular weight excluding hydrogens is 290 g/mol. The maximum atomic E-state index is 13.5. The van der Waals surface area contributed by atoms with Crippen LogP contribution < -0.4 is 9.47 Å². The molecule has 22 heavy (non-hydrogen) atoms. The van der Waals surface area contributed by atoms with Gasteiger partial charge in [0.25, 0.3) is 0 Å². The molecule has 0 bridgehead atoms. The number of aromatic nitrogens is 2. The molecule has 2 aromatic carbocycles. The van der Waals surface area contributed by atoms with Crippen molar-refractivity contribution in [3.8, 4) is 17.4 Å². The van der Waals surface area contributed by atoms with Crippen LogP contribution in [0.15, 0.2) is 54.7 Å². The molecule has 0 atom stereocenters. The van der Waals surface area contributed by atoms with Crippen LogP contribution in [0.5, 0.6) is 17.4 Å². The van der Waals surface area contributed by atoms with Gasteiger partial charge < -0.3 is 14.5 Å². The van der Waals surface area contributed by atoms with E-state index in [2.05, 4.69) is 9.97 Å². The van der Waals surface area contributed by atoms with Crippen LogP contribution in [0.2, 0.25) is 0 Å². The van der Waals surface area contributed by atoms with Gasteiger partial charge in [-0.1, -0.05) is 24.3 Å². The lowest BCUT2D eigenvalue weighted by Gasteiger charge is -2.05. The molecule has 4 nitrogen and oxygen atoms in total. The number of benzene rings is 2. The molecule has 1 N–H and O–H groups in total. The molecule has 0 aliphatic heterocycles. The summed E-state index contributed by atoms with van der Waals surface area (Å²) in [4.78, 5) is 6.83. The van der Waals surface area contributed by atoms with Gasteiger partial charge in [-0.25, -0.2) is 13.8 Å². The van der Waals surface area contributed by atoms with E-state index in [4.69, 9.17) is 9.47 Å². The number of imidazole rings is 1. The summed E-state index contributed by atoms with van der Waals surface area (Å²) in [6.45, 7) is 0.188. The Labute approximate surface area is 125 Å². The minimum absolute atomic E-state index is 0.135. The van der Waals surface area contributed by atoms with E-state index in [1.165, 1.54) is 12.3 Å². The molecule has 0 aliphatic rings. The first-order valence-electron chi connectivity index (χ1n) is 6.56. The van der Waals surface area contributed by atoms with E-state index in [1.54, 1.807) is 0 Å². The minimum atomic E-state index is -0.781. The highest BCUT2D eigenvalue weighted by atomic mass is 19.1. The Kier molecular flexibility index (Phi) is 4.00. The van der Waals surface area contributed by atoms with E-state index in [0.29, 0.717) is 11.6 Å². The molecule has 0 radical (unpaired) electrons. The average Bonchev–Trinajstić information content (AvgIpc) is 2.98. The van der Waals surface area contributed by atoms with Crippen molar-refractivity contribution < 1.29 is 18.3 Å². The Bertz CT molecular complexity index is 740. The molecule has 3 rings (SSSR count). The predicted molar refractivity (Wildman–Crippen MR) is 75.8 cm³/mol. The largest absolute Gasteiger partial charge is 0.486 e. The molecule has 1 aromatic heterocycles. The van der Waals surface area contributed by atoms with Gasteiger partial charge in [0.05, 0.1) is 6.20 Å². The third kappa shape index (κ3) is 3.22. The zero-order valence-corrected chi connectivity index (χ0v) is 11.4. The van der Waals surface area contributed by atoms with Gasteiger partial charge in [-0.2, -0.15) is 0 Å². The highest BCUT2D eigenvalue weighted by Crippen LogP contribution is 2.26. The van der Waals surface area contributed by atoms with Crippen molar-refractivity contribution in [1.29, 1.82) is 0 Å². The summed E-state index contributed by atoms with van der Waals surface area (Å²) in [6, 6.07) is 12.7. The fraction of sp³-hybridized carbons (Fsp3) is 0.0625. The van der Waals surface area contributed by atoms with Crippen molar-refractivity contribution in [1.82, 2.24) is 9.97 Å². The molecule has 0 aliphatic carbocycles. The smallest absolute Gasteiger partial charge is 0.217 e. The van der Waals surface area contributed by atoms with Crippen LogP contribution in [-0.2, 0) is 6.61 Å². The maximum absolute atomic E-state index is 13.5. The van der Waals surface area contributed by atoms with Crippen molar-refractivity contribution in [2.75, 3.05) is 0 Å². The average molecular weight is 302 g/mol. The molecular formula is C16H12F2N2O2. The first-order valence-corrected chi connectivity index (χ1v) is 6.56. The highest BCUT2D eigenvalue weighted by Gasteiger charge is 2.12. The Morgan fingerprint density at radius 1 is 0.955 bits per heavy atom. The topological polar surface area (TPSA) is 47.1 Å². The van der Waals surface area contributed by atoms with Gasteiger partial charge in [-0.3, -0.25) is 0 Å². The first kappa shape index (κ1) is 14.1. The van der Waals surface area contributed by atoms with E-state index < -0.39 is 17.4 Å². The van der Waals surface area contributed by atoms with Crippen molar-refractivity contribution in [3.05, 3.63) is 72.2 Å². The second-order valence-corrected chi connectivity index (χ2v) is 4.45. The van der Waals surface area contributed by atoms with Gasteiger partial charge >= 0.3 is 0 Å².